The van der Waals surface area contributed by atoms with E-state index in [-0.39, 0.29) is 11.6 Å². The minimum absolute atomic E-state index is 0.179. The molecule has 1 aliphatic heterocycles. The Bertz CT molecular complexity index is 346. The van der Waals surface area contributed by atoms with Crippen molar-refractivity contribution in [1.82, 2.24) is 5.32 Å². The van der Waals surface area contributed by atoms with Crippen molar-refractivity contribution in [1.29, 1.82) is 0 Å². The van der Waals surface area contributed by atoms with E-state index in [1.807, 2.05) is 0 Å². The zero-order valence-corrected chi connectivity index (χ0v) is 10.5. The van der Waals surface area contributed by atoms with Gasteiger partial charge in [0.05, 0.1) is 11.6 Å². The van der Waals surface area contributed by atoms with E-state index < -0.39 is 0 Å². The molecule has 2 rings (SSSR count). The molecule has 17 heavy (non-hydrogen) atoms. The van der Waals surface area contributed by atoms with Gasteiger partial charge in [0.1, 0.15) is 0 Å². The summed E-state index contributed by atoms with van der Waals surface area (Å²) in [5, 5.41) is 3.69. The highest BCUT2D eigenvalue weighted by molar-refractivity contribution is 6.32. The van der Waals surface area contributed by atoms with Crippen LogP contribution in [-0.2, 0) is 0 Å². The van der Waals surface area contributed by atoms with Crippen LogP contribution in [0.3, 0.4) is 0 Å². The van der Waals surface area contributed by atoms with E-state index in [0.717, 1.165) is 19.5 Å². The van der Waals surface area contributed by atoms with E-state index in [0.29, 0.717) is 17.5 Å². The molecular weight excluding hydrogens is 241 g/mol. The Balaban J connectivity index is 1.81. The third-order valence-electron chi connectivity index (χ3n) is 3.09. The molecule has 1 unspecified atom stereocenters. The lowest BCUT2D eigenvalue weighted by Gasteiger charge is -2.22. The second-order valence-corrected chi connectivity index (χ2v) is 4.81. The SMILES string of the molecule is Fc1cccc(Cl)c1OCCC1CCCNC1. The Kier molecular flexibility index (Phi) is 4.63. The van der Waals surface area contributed by atoms with Crippen molar-refractivity contribution in [2.75, 3.05) is 19.7 Å². The van der Waals surface area contributed by atoms with E-state index >= 15 is 0 Å². The van der Waals surface area contributed by atoms with Crippen LogP contribution in [0.25, 0.3) is 0 Å². The van der Waals surface area contributed by atoms with Gasteiger partial charge < -0.3 is 10.1 Å². The zero-order chi connectivity index (χ0) is 12.1. The monoisotopic (exact) mass is 257 g/mol. The molecule has 0 amide bonds. The van der Waals surface area contributed by atoms with Gasteiger partial charge in [-0.05, 0) is 50.4 Å². The average molecular weight is 258 g/mol. The Morgan fingerprint density at radius 2 is 2.35 bits per heavy atom. The number of hydrogen-bond donors (Lipinski definition) is 1. The predicted octanol–water partition coefficient (Wildman–Crippen LogP) is 3.25. The maximum atomic E-state index is 13.4. The van der Waals surface area contributed by atoms with Gasteiger partial charge in [0.25, 0.3) is 0 Å². The minimum atomic E-state index is -0.390. The van der Waals surface area contributed by atoms with Crippen molar-refractivity contribution >= 4 is 11.6 Å². The fourth-order valence-corrected chi connectivity index (χ4v) is 2.34. The number of nitrogens with one attached hydrogen (secondary N) is 1. The van der Waals surface area contributed by atoms with Gasteiger partial charge in [0, 0.05) is 0 Å². The first kappa shape index (κ1) is 12.7. The Labute approximate surface area is 106 Å². The lowest BCUT2D eigenvalue weighted by Crippen LogP contribution is -2.30. The highest BCUT2D eigenvalue weighted by atomic mass is 35.5. The highest BCUT2D eigenvalue weighted by Crippen LogP contribution is 2.27. The fourth-order valence-electron chi connectivity index (χ4n) is 2.12. The number of para-hydroxylation sites is 1. The summed E-state index contributed by atoms with van der Waals surface area (Å²) in [5.41, 5.74) is 0. The largest absolute Gasteiger partial charge is 0.489 e. The zero-order valence-electron chi connectivity index (χ0n) is 9.72. The second-order valence-electron chi connectivity index (χ2n) is 4.40. The van der Waals surface area contributed by atoms with E-state index in [1.54, 1.807) is 12.1 Å². The number of piperidine rings is 1. The number of hydrogen-bond acceptors (Lipinski definition) is 2. The second kappa shape index (κ2) is 6.22. The lowest BCUT2D eigenvalue weighted by atomic mass is 9.97. The number of halogens is 2. The molecular formula is C13H17ClFNO. The van der Waals surface area contributed by atoms with E-state index in [4.69, 9.17) is 16.3 Å². The highest BCUT2D eigenvalue weighted by Gasteiger charge is 2.14. The standard InChI is InChI=1S/C13H17ClFNO/c14-11-4-1-5-12(15)13(11)17-8-6-10-3-2-7-16-9-10/h1,4-5,10,16H,2-3,6-9H2. The molecule has 4 heteroatoms. The van der Waals surface area contributed by atoms with E-state index in [1.165, 1.54) is 18.9 Å². The summed E-state index contributed by atoms with van der Waals surface area (Å²) < 4.78 is 18.8. The summed E-state index contributed by atoms with van der Waals surface area (Å²) in [6.07, 6.45) is 3.38. The molecule has 1 saturated heterocycles. The molecule has 1 atom stereocenters. The molecule has 0 bridgehead atoms. The van der Waals surface area contributed by atoms with Crippen LogP contribution in [0, 0.1) is 11.7 Å². The fraction of sp³-hybridized carbons (Fsp3) is 0.538. The molecule has 0 saturated carbocycles. The molecule has 1 aromatic rings. The quantitative estimate of drug-likeness (QED) is 0.894. The van der Waals surface area contributed by atoms with Crippen molar-refractivity contribution in [3.05, 3.63) is 29.0 Å². The Hall–Kier alpha value is -0.800. The minimum Gasteiger partial charge on any atom is -0.489 e. The summed E-state index contributed by atoms with van der Waals surface area (Å²) in [6, 6.07) is 4.58. The molecule has 0 radical (unpaired) electrons. The summed E-state index contributed by atoms with van der Waals surface area (Å²) in [6.45, 7) is 2.66. The van der Waals surface area contributed by atoms with Crippen molar-refractivity contribution in [2.45, 2.75) is 19.3 Å². The summed E-state index contributed by atoms with van der Waals surface area (Å²) >= 11 is 5.87. The van der Waals surface area contributed by atoms with Crippen molar-refractivity contribution in [3.8, 4) is 5.75 Å². The van der Waals surface area contributed by atoms with Crippen LogP contribution < -0.4 is 10.1 Å². The van der Waals surface area contributed by atoms with Gasteiger partial charge in [0.15, 0.2) is 11.6 Å². The van der Waals surface area contributed by atoms with Gasteiger partial charge in [-0.2, -0.15) is 0 Å². The molecule has 1 aromatic carbocycles. The van der Waals surface area contributed by atoms with Crippen molar-refractivity contribution < 1.29 is 9.13 Å². The molecule has 0 spiro atoms. The third kappa shape index (κ3) is 3.58. The topological polar surface area (TPSA) is 21.3 Å². The third-order valence-corrected chi connectivity index (χ3v) is 3.39. The molecule has 1 heterocycles. The Morgan fingerprint density at radius 3 is 3.06 bits per heavy atom. The summed E-state index contributed by atoms with van der Waals surface area (Å²) in [4.78, 5) is 0. The van der Waals surface area contributed by atoms with Gasteiger partial charge in [-0.3, -0.25) is 0 Å². The number of rotatable bonds is 4. The van der Waals surface area contributed by atoms with Crippen molar-refractivity contribution in [3.63, 3.8) is 0 Å². The van der Waals surface area contributed by atoms with Crippen LogP contribution in [0.1, 0.15) is 19.3 Å². The first-order chi connectivity index (χ1) is 8.27. The molecule has 0 aromatic heterocycles. The first-order valence-electron chi connectivity index (χ1n) is 6.05. The van der Waals surface area contributed by atoms with E-state index in [9.17, 15) is 4.39 Å². The number of benzene rings is 1. The maximum absolute atomic E-state index is 13.4. The molecule has 2 nitrogen and oxygen atoms in total. The first-order valence-corrected chi connectivity index (χ1v) is 6.42. The van der Waals surface area contributed by atoms with Crippen LogP contribution >= 0.6 is 11.6 Å². The van der Waals surface area contributed by atoms with E-state index in [2.05, 4.69) is 5.32 Å². The molecule has 1 fully saturated rings. The number of ether oxygens (including phenoxy) is 1. The normalized spacial score (nSPS) is 20.2. The van der Waals surface area contributed by atoms with Gasteiger partial charge in [-0.1, -0.05) is 17.7 Å². The average Bonchev–Trinajstić information content (AvgIpc) is 2.34. The van der Waals surface area contributed by atoms with Gasteiger partial charge in [-0.25, -0.2) is 4.39 Å². The van der Waals surface area contributed by atoms with Gasteiger partial charge >= 0.3 is 0 Å². The molecule has 0 aliphatic carbocycles. The van der Waals surface area contributed by atoms with Crippen LogP contribution in [0.4, 0.5) is 4.39 Å². The van der Waals surface area contributed by atoms with Gasteiger partial charge in [-0.15, -0.1) is 0 Å². The van der Waals surface area contributed by atoms with Crippen LogP contribution in [0.5, 0.6) is 5.75 Å². The Morgan fingerprint density at radius 1 is 1.47 bits per heavy atom. The van der Waals surface area contributed by atoms with Crippen molar-refractivity contribution in [2.24, 2.45) is 5.92 Å². The smallest absolute Gasteiger partial charge is 0.173 e. The van der Waals surface area contributed by atoms with Crippen LogP contribution in [0.2, 0.25) is 5.02 Å². The predicted molar refractivity (Wildman–Crippen MR) is 67.1 cm³/mol. The maximum Gasteiger partial charge on any atom is 0.173 e. The molecule has 1 N–H and O–H groups in total. The molecule has 1 aliphatic rings. The molecule has 94 valence electrons. The van der Waals surface area contributed by atoms with Gasteiger partial charge in [0.2, 0.25) is 0 Å². The summed E-state index contributed by atoms with van der Waals surface area (Å²) in [7, 11) is 0. The van der Waals surface area contributed by atoms with Crippen LogP contribution in [0.15, 0.2) is 18.2 Å². The summed E-state index contributed by atoms with van der Waals surface area (Å²) in [5.74, 6) is 0.423. The van der Waals surface area contributed by atoms with Crippen LogP contribution in [-0.4, -0.2) is 19.7 Å². The lowest BCUT2D eigenvalue weighted by molar-refractivity contribution is 0.246.